The molecule has 39 heavy (non-hydrogen) atoms. The van der Waals surface area contributed by atoms with Crippen LogP contribution in [-0.2, 0) is 40.9 Å². The van der Waals surface area contributed by atoms with Gasteiger partial charge >= 0.3 is 5.97 Å². The SMILES string of the molecule is COS(=O)CCCOc1ccc(COC(=O)C2=C(C)N(C[C@H]3CCCO3)C(=O)C[C@H]2c2ccc(Cl)cc2)cc1. The smallest absolute Gasteiger partial charge is 0.336 e. The lowest BCUT2D eigenvalue weighted by Gasteiger charge is -2.35. The zero-order valence-electron chi connectivity index (χ0n) is 22.2. The number of carbonyl (C=O) groups is 2. The van der Waals surface area contributed by atoms with Crippen molar-refractivity contribution in [1.82, 2.24) is 4.90 Å². The van der Waals surface area contributed by atoms with Crippen LogP contribution in [0.2, 0.25) is 5.02 Å². The van der Waals surface area contributed by atoms with Crippen molar-refractivity contribution in [2.45, 2.75) is 51.2 Å². The zero-order chi connectivity index (χ0) is 27.8. The van der Waals surface area contributed by atoms with Crippen LogP contribution in [0.25, 0.3) is 0 Å². The molecule has 0 radical (unpaired) electrons. The Bertz CT molecular complexity index is 1190. The van der Waals surface area contributed by atoms with Crippen LogP contribution < -0.4 is 4.74 Å². The van der Waals surface area contributed by atoms with Crippen LogP contribution in [0.4, 0.5) is 0 Å². The fourth-order valence-corrected chi connectivity index (χ4v) is 5.48. The van der Waals surface area contributed by atoms with E-state index in [2.05, 4.69) is 0 Å². The third-order valence-electron chi connectivity index (χ3n) is 6.93. The summed E-state index contributed by atoms with van der Waals surface area (Å²) < 4.78 is 33.2. The number of rotatable bonds is 12. The molecule has 3 atom stereocenters. The molecule has 1 saturated heterocycles. The van der Waals surface area contributed by atoms with E-state index in [1.54, 1.807) is 36.1 Å². The molecule has 2 aromatic rings. The molecule has 210 valence electrons. The summed E-state index contributed by atoms with van der Waals surface area (Å²) in [5, 5.41) is 0.586. The van der Waals surface area contributed by atoms with E-state index < -0.39 is 23.0 Å². The monoisotopic (exact) mass is 575 g/mol. The van der Waals surface area contributed by atoms with Gasteiger partial charge in [-0.3, -0.25) is 8.98 Å². The third kappa shape index (κ3) is 7.91. The maximum Gasteiger partial charge on any atom is 0.336 e. The minimum Gasteiger partial charge on any atom is -0.494 e. The van der Waals surface area contributed by atoms with Gasteiger partial charge in [-0.1, -0.05) is 35.9 Å². The van der Waals surface area contributed by atoms with Gasteiger partial charge in [-0.15, -0.1) is 0 Å². The van der Waals surface area contributed by atoms with Gasteiger partial charge in [0.1, 0.15) is 12.4 Å². The van der Waals surface area contributed by atoms with E-state index in [1.165, 1.54) is 7.11 Å². The maximum absolute atomic E-state index is 13.5. The number of ether oxygens (including phenoxy) is 3. The summed E-state index contributed by atoms with van der Waals surface area (Å²) in [5.74, 6) is 0.164. The zero-order valence-corrected chi connectivity index (χ0v) is 23.8. The first-order valence-electron chi connectivity index (χ1n) is 13.1. The number of carbonyl (C=O) groups excluding carboxylic acids is 2. The summed E-state index contributed by atoms with van der Waals surface area (Å²) >= 11 is 4.80. The van der Waals surface area contributed by atoms with Gasteiger partial charge in [0.05, 0.1) is 37.7 Å². The average molecular weight is 576 g/mol. The van der Waals surface area contributed by atoms with E-state index in [0.29, 0.717) is 54.0 Å². The fraction of sp³-hybridized carbons (Fsp3) is 0.448. The average Bonchev–Trinajstić information content (AvgIpc) is 3.46. The summed E-state index contributed by atoms with van der Waals surface area (Å²) in [6.07, 6.45) is 2.60. The minimum atomic E-state index is -1.29. The molecule has 8 nitrogen and oxygen atoms in total. The number of hydrogen-bond acceptors (Lipinski definition) is 7. The van der Waals surface area contributed by atoms with E-state index >= 15 is 0 Å². The maximum atomic E-state index is 13.5. The first kappa shape index (κ1) is 29.3. The molecule has 0 N–H and O–H groups in total. The first-order valence-corrected chi connectivity index (χ1v) is 14.7. The molecule has 2 heterocycles. The number of halogens is 1. The quantitative estimate of drug-likeness (QED) is 0.262. The van der Waals surface area contributed by atoms with Crippen LogP contribution in [-0.4, -0.2) is 59.7 Å². The molecule has 1 fully saturated rings. The molecule has 4 rings (SSSR count). The Morgan fingerprint density at radius 2 is 1.90 bits per heavy atom. The lowest BCUT2D eigenvalue weighted by molar-refractivity contribution is -0.141. The van der Waals surface area contributed by atoms with Crippen LogP contribution in [0.15, 0.2) is 59.8 Å². The van der Waals surface area contributed by atoms with Crippen LogP contribution in [0, 0.1) is 0 Å². The van der Waals surface area contributed by atoms with Crippen molar-refractivity contribution in [3.8, 4) is 5.75 Å². The molecule has 0 spiro atoms. The highest BCUT2D eigenvalue weighted by Gasteiger charge is 2.38. The van der Waals surface area contributed by atoms with Crippen LogP contribution >= 0.6 is 11.6 Å². The summed E-state index contributed by atoms with van der Waals surface area (Å²) in [5.41, 5.74) is 2.72. The molecule has 2 aromatic carbocycles. The highest BCUT2D eigenvalue weighted by atomic mass is 35.5. The number of esters is 1. The Hall–Kier alpha value is -2.72. The molecule has 0 aromatic heterocycles. The number of hydrogen-bond donors (Lipinski definition) is 0. The molecule has 0 bridgehead atoms. The second kappa shape index (κ2) is 14.1. The van der Waals surface area contributed by atoms with E-state index in [9.17, 15) is 13.8 Å². The molecular formula is C29H34ClNO7S. The topological polar surface area (TPSA) is 91.4 Å². The van der Waals surface area contributed by atoms with E-state index in [0.717, 1.165) is 24.0 Å². The van der Waals surface area contributed by atoms with Gasteiger partial charge in [0, 0.05) is 29.7 Å². The lowest BCUT2D eigenvalue weighted by Crippen LogP contribution is -2.42. The summed E-state index contributed by atoms with van der Waals surface area (Å²) in [4.78, 5) is 28.4. The number of benzene rings is 2. The van der Waals surface area contributed by atoms with Crippen molar-refractivity contribution >= 4 is 34.6 Å². The van der Waals surface area contributed by atoms with Crippen molar-refractivity contribution in [3.63, 3.8) is 0 Å². The molecule has 1 unspecified atom stereocenters. The predicted molar refractivity (Wildman–Crippen MR) is 149 cm³/mol. The second-order valence-electron chi connectivity index (χ2n) is 9.54. The van der Waals surface area contributed by atoms with Crippen molar-refractivity contribution in [2.24, 2.45) is 0 Å². The van der Waals surface area contributed by atoms with E-state index in [4.69, 9.17) is 30.0 Å². The van der Waals surface area contributed by atoms with Gasteiger partial charge in [0.15, 0.2) is 11.1 Å². The largest absolute Gasteiger partial charge is 0.494 e. The Morgan fingerprint density at radius 1 is 1.15 bits per heavy atom. The van der Waals surface area contributed by atoms with E-state index in [1.807, 2.05) is 24.3 Å². The van der Waals surface area contributed by atoms with Gasteiger partial charge in [-0.05, 0) is 61.6 Å². The van der Waals surface area contributed by atoms with Gasteiger partial charge in [-0.25, -0.2) is 9.00 Å². The van der Waals surface area contributed by atoms with Crippen molar-refractivity contribution < 1.29 is 32.2 Å². The number of allylic oxidation sites excluding steroid dienone is 1. The summed E-state index contributed by atoms with van der Waals surface area (Å²) in [7, 11) is 1.41. The highest BCUT2D eigenvalue weighted by molar-refractivity contribution is 7.80. The standard InChI is InChI=1S/C29H34ClNO7S/c1-20-28(29(33)38-19-21-6-12-24(13-7-21)36-15-4-16-39(34)35-2)26(22-8-10-23(30)11-9-22)17-27(32)31(20)18-25-5-3-14-37-25/h6-13,25-26H,3-5,14-19H2,1-2H3/t25-,26+,39?/m1/s1. The van der Waals surface area contributed by atoms with Crippen molar-refractivity contribution in [2.75, 3.05) is 32.6 Å². The predicted octanol–water partition coefficient (Wildman–Crippen LogP) is 4.93. The summed E-state index contributed by atoms with van der Waals surface area (Å²) in [6, 6.07) is 14.5. The lowest BCUT2D eigenvalue weighted by atomic mass is 9.83. The van der Waals surface area contributed by atoms with Gasteiger partial charge < -0.3 is 19.1 Å². The first-order chi connectivity index (χ1) is 18.9. The number of nitrogens with zero attached hydrogens (tertiary/aromatic N) is 1. The van der Waals surface area contributed by atoms with Crippen LogP contribution in [0.3, 0.4) is 0 Å². The molecule has 0 aliphatic carbocycles. The Balaban J connectivity index is 1.45. The van der Waals surface area contributed by atoms with Crippen LogP contribution in [0.1, 0.15) is 49.7 Å². The Labute approximate surface area is 236 Å². The number of amides is 1. The minimum absolute atomic E-state index is 0.0314. The Morgan fingerprint density at radius 3 is 2.56 bits per heavy atom. The molecule has 1 amide bonds. The summed E-state index contributed by atoms with van der Waals surface area (Å²) in [6.45, 7) is 3.42. The van der Waals surface area contributed by atoms with Crippen molar-refractivity contribution in [3.05, 3.63) is 76.0 Å². The molecule has 10 heteroatoms. The van der Waals surface area contributed by atoms with Crippen LogP contribution in [0.5, 0.6) is 5.75 Å². The molecule has 2 aliphatic heterocycles. The Kier molecular flexibility index (Phi) is 10.6. The molecular weight excluding hydrogens is 542 g/mol. The fourth-order valence-electron chi connectivity index (χ4n) is 4.83. The van der Waals surface area contributed by atoms with Gasteiger partial charge in [0.2, 0.25) is 5.91 Å². The van der Waals surface area contributed by atoms with E-state index in [-0.39, 0.29) is 25.0 Å². The van der Waals surface area contributed by atoms with Gasteiger partial charge in [0.25, 0.3) is 0 Å². The second-order valence-corrected chi connectivity index (χ2v) is 11.3. The van der Waals surface area contributed by atoms with Crippen molar-refractivity contribution in [1.29, 1.82) is 0 Å². The molecule has 0 saturated carbocycles. The molecule has 2 aliphatic rings. The third-order valence-corrected chi connectivity index (χ3v) is 8.17. The normalized spacial score (nSPS) is 20.3. The van der Waals surface area contributed by atoms with Gasteiger partial charge in [-0.2, -0.15) is 0 Å². The highest BCUT2D eigenvalue weighted by Crippen LogP contribution is 2.38.